The molecule has 0 bridgehead atoms. The third-order valence-electron chi connectivity index (χ3n) is 0.516. The number of rotatable bonds is 1. The van der Waals surface area contributed by atoms with Gasteiger partial charge in [-0.2, -0.15) is 0 Å². The predicted octanol–water partition coefficient (Wildman–Crippen LogP) is 1.23. The molecule has 1 heteroatoms. The van der Waals surface area contributed by atoms with Crippen LogP contribution in [0.4, 0.5) is 4.39 Å². The molecule has 0 spiro atoms. The average Bonchev–Trinajstić information content (AvgIpc) is 1.65. The zero-order valence-electron chi connectivity index (χ0n) is 3.74. The molecule has 0 amide bonds. The van der Waals surface area contributed by atoms with Gasteiger partial charge in [0, 0.05) is 5.92 Å². The van der Waals surface area contributed by atoms with Gasteiger partial charge in [-0.3, -0.25) is 0 Å². The van der Waals surface area contributed by atoms with E-state index in [0.717, 1.165) is 0 Å². The highest BCUT2D eigenvalue weighted by atomic mass is 19.1. The first-order valence-corrected chi connectivity index (χ1v) is 1.83. The lowest BCUT2D eigenvalue weighted by Crippen LogP contribution is -1.88. The van der Waals surface area contributed by atoms with Gasteiger partial charge in [0.1, 0.15) is 6.67 Å². The van der Waals surface area contributed by atoms with E-state index in [2.05, 4.69) is 5.92 Å². The molecular weight excluding hydrogens is 79.1 g/mol. The minimum atomic E-state index is -0.406. The van der Waals surface area contributed by atoms with Gasteiger partial charge >= 0.3 is 0 Å². The molecule has 0 heterocycles. The van der Waals surface area contributed by atoms with Gasteiger partial charge in [-0.25, -0.2) is 4.39 Å². The smallest absolute Gasteiger partial charge is 0.103 e. The van der Waals surface area contributed by atoms with Gasteiger partial charge < -0.3 is 0 Å². The summed E-state index contributed by atoms with van der Waals surface area (Å²) in [7, 11) is 0. The van der Waals surface area contributed by atoms with Crippen molar-refractivity contribution in [1.82, 2.24) is 0 Å². The van der Waals surface area contributed by atoms with Crippen LogP contribution in [-0.2, 0) is 0 Å². The number of alkyl halides is 1. The Kier molecular flexibility index (Phi) is 2.48. The van der Waals surface area contributed by atoms with Crippen LogP contribution in [0.5, 0.6) is 0 Å². The van der Waals surface area contributed by atoms with Crippen molar-refractivity contribution in [1.29, 1.82) is 0 Å². The summed E-state index contributed by atoms with van der Waals surface area (Å²) in [6, 6.07) is 0. The van der Waals surface area contributed by atoms with Crippen LogP contribution in [0.1, 0.15) is 6.92 Å². The third kappa shape index (κ3) is 1.78. The zero-order valence-corrected chi connectivity index (χ0v) is 3.74. The quantitative estimate of drug-likeness (QED) is 0.421. The highest BCUT2D eigenvalue weighted by molar-refractivity contribution is 4.89. The first kappa shape index (κ1) is 5.49. The highest BCUT2D eigenvalue weighted by Gasteiger charge is 1.88. The van der Waals surface area contributed by atoms with Crippen LogP contribution >= 0.6 is 0 Å². The summed E-state index contributed by atoms with van der Waals surface area (Å²) in [4.78, 5) is 0. The van der Waals surface area contributed by atoms with E-state index < -0.39 is 6.67 Å². The Labute approximate surface area is 37.4 Å². The molecular formula is C5H7F. The van der Waals surface area contributed by atoms with E-state index in [9.17, 15) is 4.39 Å². The maximum absolute atomic E-state index is 11.2. The third-order valence-corrected chi connectivity index (χ3v) is 0.516. The van der Waals surface area contributed by atoms with E-state index in [1.165, 1.54) is 0 Å². The molecule has 0 N–H and O–H groups in total. The molecule has 0 aromatic rings. The molecule has 1 atom stereocenters. The van der Waals surface area contributed by atoms with Crippen LogP contribution in [-0.4, -0.2) is 6.67 Å². The standard InChI is InChI=1S/C5H7F/c1-3-5(2)4-6/h1,5H,4H2,2H3. The van der Waals surface area contributed by atoms with Gasteiger partial charge in [0.05, 0.1) is 0 Å². The molecule has 0 nitrogen and oxygen atoms in total. The molecule has 0 fully saturated rings. The van der Waals surface area contributed by atoms with Gasteiger partial charge in [0.15, 0.2) is 0 Å². The first-order chi connectivity index (χ1) is 2.81. The minimum Gasteiger partial charge on any atom is -0.250 e. The summed E-state index contributed by atoms with van der Waals surface area (Å²) in [5.74, 6) is 2.04. The molecule has 0 rings (SSSR count). The highest BCUT2D eigenvalue weighted by Crippen LogP contribution is 1.88. The molecule has 0 aliphatic rings. The van der Waals surface area contributed by atoms with Gasteiger partial charge in [-0.05, 0) is 6.92 Å². The Morgan fingerprint density at radius 2 is 2.50 bits per heavy atom. The van der Waals surface area contributed by atoms with Crippen molar-refractivity contribution in [2.24, 2.45) is 5.92 Å². The predicted molar refractivity (Wildman–Crippen MR) is 24.0 cm³/mol. The zero-order chi connectivity index (χ0) is 4.99. The molecule has 0 saturated heterocycles. The monoisotopic (exact) mass is 86.1 g/mol. The largest absolute Gasteiger partial charge is 0.250 e. The van der Waals surface area contributed by atoms with Gasteiger partial charge in [0.2, 0.25) is 0 Å². The molecule has 0 aliphatic carbocycles. The van der Waals surface area contributed by atoms with E-state index in [1.54, 1.807) is 6.92 Å². The Bertz CT molecular complexity index is 60.8. The summed E-state index contributed by atoms with van der Waals surface area (Å²) >= 11 is 0. The normalized spacial score (nSPS) is 12.8. The lowest BCUT2D eigenvalue weighted by atomic mass is 10.2. The van der Waals surface area contributed by atoms with E-state index >= 15 is 0 Å². The lowest BCUT2D eigenvalue weighted by molar-refractivity contribution is 0.438. The van der Waals surface area contributed by atoms with Crippen molar-refractivity contribution in [2.45, 2.75) is 6.92 Å². The number of hydrogen-bond acceptors (Lipinski definition) is 0. The first-order valence-electron chi connectivity index (χ1n) is 1.83. The second-order valence-electron chi connectivity index (χ2n) is 1.22. The molecule has 0 aromatic heterocycles. The van der Waals surface area contributed by atoms with E-state index in [-0.39, 0.29) is 5.92 Å². The Morgan fingerprint density at radius 3 is 2.50 bits per heavy atom. The summed E-state index contributed by atoms with van der Waals surface area (Å²) in [5, 5.41) is 0. The summed E-state index contributed by atoms with van der Waals surface area (Å²) in [5.41, 5.74) is 0. The fraction of sp³-hybridized carbons (Fsp3) is 0.600. The SMILES string of the molecule is C#CC(C)CF. The van der Waals surface area contributed by atoms with E-state index in [1.807, 2.05) is 0 Å². The van der Waals surface area contributed by atoms with Crippen LogP contribution in [0.15, 0.2) is 0 Å². The second-order valence-corrected chi connectivity index (χ2v) is 1.22. The van der Waals surface area contributed by atoms with Gasteiger partial charge in [0.25, 0.3) is 0 Å². The number of halogens is 1. The lowest BCUT2D eigenvalue weighted by Gasteiger charge is -1.87. The van der Waals surface area contributed by atoms with Crippen molar-refractivity contribution in [3.8, 4) is 12.3 Å². The second kappa shape index (κ2) is 2.71. The van der Waals surface area contributed by atoms with Crippen molar-refractivity contribution in [2.75, 3.05) is 6.67 Å². The van der Waals surface area contributed by atoms with E-state index in [4.69, 9.17) is 6.42 Å². The van der Waals surface area contributed by atoms with Gasteiger partial charge in [-0.1, -0.05) is 0 Å². The fourth-order valence-electron chi connectivity index (χ4n) is 0.0445. The molecule has 34 valence electrons. The average molecular weight is 86.1 g/mol. The molecule has 1 unspecified atom stereocenters. The summed E-state index contributed by atoms with van der Waals surface area (Å²) in [6.45, 7) is 1.26. The van der Waals surface area contributed by atoms with Crippen molar-refractivity contribution >= 4 is 0 Å². The minimum absolute atomic E-state index is 0.204. The maximum atomic E-state index is 11.2. The van der Waals surface area contributed by atoms with Crippen LogP contribution in [0.3, 0.4) is 0 Å². The molecule has 0 radical (unpaired) electrons. The van der Waals surface area contributed by atoms with Gasteiger partial charge in [-0.15, -0.1) is 12.3 Å². The maximum Gasteiger partial charge on any atom is 0.103 e. The van der Waals surface area contributed by atoms with Crippen molar-refractivity contribution in [3.05, 3.63) is 0 Å². The number of hydrogen-bond donors (Lipinski definition) is 0. The Hall–Kier alpha value is -0.510. The topological polar surface area (TPSA) is 0 Å². The Balaban J connectivity index is 3.04. The van der Waals surface area contributed by atoms with Crippen molar-refractivity contribution in [3.63, 3.8) is 0 Å². The van der Waals surface area contributed by atoms with Crippen LogP contribution in [0.2, 0.25) is 0 Å². The number of terminal acetylenes is 1. The Morgan fingerprint density at radius 1 is 2.00 bits per heavy atom. The van der Waals surface area contributed by atoms with Crippen LogP contribution in [0.25, 0.3) is 0 Å². The molecule has 0 aromatic carbocycles. The fourth-order valence-corrected chi connectivity index (χ4v) is 0.0445. The summed E-state index contributed by atoms with van der Waals surface area (Å²) < 4.78 is 11.2. The summed E-state index contributed by atoms with van der Waals surface area (Å²) in [6.07, 6.45) is 4.79. The van der Waals surface area contributed by atoms with Crippen LogP contribution in [0, 0.1) is 18.3 Å². The molecule has 0 saturated carbocycles. The molecule has 6 heavy (non-hydrogen) atoms. The van der Waals surface area contributed by atoms with Crippen molar-refractivity contribution < 1.29 is 4.39 Å². The van der Waals surface area contributed by atoms with E-state index in [0.29, 0.717) is 0 Å². The molecule has 0 aliphatic heterocycles. The van der Waals surface area contributed by atoms with Crippen LogP contribution < -0.4 is 0 Å².